The second kappa shape index (κ2) is 8.14. The van der Waals surface area contributed by atoms with Crippen LogP contribution in [0.5, 0.6) is 0 Å². The highest BCUT2D eigenvalue weighted by molar-refractivity contribution is 7.14. The number of hydrogen-bond acceptors (Lipinski definition) is 4. The molecule has 6 heteroatoms. The zero-order valence-electron chi connectivity index (χ0n) is 13.8. The van der Waals surface area contributed by atoms with Gasteiger partial charge < -0.3 is 10.6 Å². The highest BCUT2D eigenvalue weighted by Gasteiger charge is 2.05. The van der Waals surface area contributed by atoms with E-state index in [1.54, 1.807) is 11.3 Å². The fourth-order valence-corrected chi connectivity index (χ4v) is 3.21. The standard InChI is InChI=1S/C19H18ClN3OS/c1-13(24)21-11-10-14-2-4-15(5-3-14)18-12-25-19(23-18)22-17-8-6-16(20)7-9-17/h2-9,12H,10-11H2,1H3,(H,21,24)(H,22,23). The van der Waals surface area contributed by atoms with Crippen molar-refractivity contribution in [3.05, 3.63) is 64.5 Å². The molecule has 3 rings (SSSR count). The van der Waals surface area contributed by atoms with Gasteiger partial charge in [-0.2, -0.15) is 0 Å². The average Bonchev–Trinajstić information content (AvgIpc) is 3.06. The van der Waals surface area contributed by atoms with Gasteiger partial charge in [0.2, 0.25) is 5.91 Å². The first-order chi connectivity index (χ1) is 12.1. The second-order valence-corrected chi connectivity index (χ2v) is 6.89. The van der Waals surface area contributed by atoms with Crippen molar-refractivity contribution in [1.82, 2.24) is 10.3 Å². The third kappa shape index (κ3) is 5.05. The Morgan fingerprint density at radius 3 is 2.52 bits per heavy atom. The Hall–Kier alpha value is -2.37. The molecule has 1 aromatic heterocycles. The van der Waals surface area contributed by atoms with Crippen LogP contribution < -0.4 is 10.6 Å². The van der Waals surface area contributed by atoms with Gasteiger partial charge in [-0.3, -0.25) is 4.79 Å². The predicted molar refractivity (Wildman–Crippen MR) is 105 cm³/mol. The van der Waals surface area contributed by atoms with E-state index >= 15 is 0 Å². The Kier molecular flexibility index (Phi) is 5.68. The van der Waals surface area contributed by atoms with Crippen LogP contribution in [0.15, 0.2) is 53.9 Å². The van der Waals surface area contributed by atoms with Crippen LogP contribution in [0.25, 0.3) is 11.3 Å². The van der Waals surface area contributed by atoms with E-state index < -0.39 is 0 Å². The summed E-state index contributed by atoms with van der Waals surface area (Å²) in [4.78, 5) is 15.5. The molecule has 0 saturated heterocycles. The van der Waals surface area contributed by atoms with Crippen LogP contribution >= 0.6 is 22.9 Å². The Bertz CT molecular complexity index is 844. The van der Waals surface area contributed by atoms with Gasteiger partial charge in [0.25, 0.3) is 0 Å². The van der Waals surface area contributed by atoms with E-state index in [2.05, 4.69) is 39.9 Å². The minimum atomic E-state index is -0.000176. The number of carbonyl (C=O) groups is 1. The first-order valence-corrected chi connectivity index (χ1v) is 9.18. The molecule has 0 saturated carbocycles. The zero-order chi connectivity index (χ0) is 17.6. The highest BCUT2D eigenvalue weighted by atomic mass is 35.5. The fourth-order valence-electron chi connectivity index (χ4n) is 2.35. The van der Waals surface area contributed by atoms with Gasteiger partial charge in [-0.15, -0.1) is 11.3 Å². The molecule has 2 aromatic carbocycles. The quantitative estimate of drug-likeness (QED) is 0.648. The van der Waals surface area contributed by atoms with Crippen LogP contribution in [-0.4, -0.2) is 17.4 Å². The molecule has 128 valence electrons. The predicted octanol–water partition coefficient (Wildman–Crippen LogP) is 4.89. The summed E-state index contributed by atoms with van der Waals surface area (Å²) in [6, 6.07) is 15.8. The Balaban J connectivity index is 1.63. The number of hydrogen-bond donors (Lipinski definition) is 2. The SMILES string of the molecule is CC(=O)NCCc1ccc(-c2csc(Nc3ccc(Cl)cc3)n2)cc1. The molecule has 0 unspecified atom stereocenters. The molecule has 0 aliphatic carbocycles. The van der Waals surface area contributed by atoms with Crippen LogP contribution in [0, 0.1) is 0 Å². The van der Waals surface area contributed by atoms with Gasteiger partial charge in [-0.25, -0.2) is 4.98 Å². The minimum Gasteiger partial charge on any atom is -0.356 e. The van der Waals surface area contributed by atoms with Crippen LogP contribution in [0.2, 0.25) is 5.02 Å². The number of nitrogens with zero attached hydrogens (tertiary/aromatic N) is 1. The van der Waals surface area contributed by atoms with Crippen LogP contribution in [0.4, 0.5) is 10.8 Å². The van der Waals surface area contributed by atoms with E-state index in [0.717, 1.165) is 28.5 Å². The average molecular weight is 372 g/mol. The molecule has 0 radical (unpaired) electrons. The van der Waals surface area contributed by atoms with Crippen LogP contribution in [-0.2, 0) is 11.2 Å². The van der Waals surface area contributed by atoms with Crippen molar-refractivity contribution in [3.63, 3.8) is 0 Å². The Morgan fingerprint density at radius 2 is 1.84 bits per heavy atom. The van der Waals surface area contributed by atoms with E-state index in [1.807, 2.05) is 29.6 Å². The molecular weight excluding hydrogens is 354 g/mol. The zero-order valence-corrected chi connectivity index (χ0v) is 15.3. The van der Waals surface area contributed by atoms with Crippen molar-refractivity contribution in [3.8, 4) is 11.3 Å². The first kappa shape index (κ1) is 17.5. The number of nitrogens with one attached hydrogen (secondary N) is 2. The van der Waals surface area contributed by atoms with Crippen LogP contribution in [0.1, 0.15) is 12.5 Å². The molecule has 4 nitrogen and oxygen atoms in total. The van der Waals surface area contributed by atoms with Crippen LogP contribution in [0.3, 0.4) is 0 Å². The van der Waals surface area contributed by atoms with E-state index in [1.165, 1.54) is 12.5 Å². The van der Waals surface area contributed by atoms with Gasteiger partial charge in [0.05, 0.1) is 5.69 Å². The summed E-state index contributed by atoms with van der Waals surface area (Å²) in [6.07, 6.45) is 0.820. The van der Waals surface area contributed by atoms with E-state index in [9.17, 15) is 4.79 Å². The molecule has 0 bridgehead atoms. The van der Waals surface area contributed by atoms with Gasteiger partial charge in [0, 0.05) is 35.1 Å². The molecule has 0 fully saturated rings. The maximum Gasteiger partial charge on any atom is 0.216 e. The molecule has 25 heavy (non-hydrogen) atoms. The lowest BCUT2D eigenvalue weighted by molar-refractivity contribution is -0.118. The molecule has 2 N–H and O–H groups in total. The van der Waals surface area contributed by atoms with E-state index in [0.29, 0.717) is 11.6 Å². The van der Waals surface area contributed by atoms with E-state index in [4.69, 9.17) is 11.6 Å². The van der Waals surface area contributed by atoms with Gasteiger partial charge in [-0.05, 0) is 36.2 Å². The summed E-state index contributed by atoms with van der Waals surface area (Å²) in [5.74, 6) is -0.000176. The van der Waals surface area contributed by atoms with Crippen molar-refractivity contribution in [2.75, 3.05) is 11.9 Å². The van der Waals surface area contributed by atoms with Crippen molar-refractivity contribution < 1.29 is 4.79 Å². The van der Waals surface area contributed by atoms with Crippen molar-refractivity contribution in [1.29, 1.82) is 0 Å². The largest absolute Gasteiger partial charge is 0.356 e. The summed E-state index contributed by atoms with van der Waals surface area (Å²) in [7, 11) is 0. The van der Waals surface area contributed by atoms with Crippen molar-refractivity contribution in [2.45, 2.75) is 13.3 Å². The number of thiazole rings is 1. The lowest BCUT2D eigenvalue weighted by Gasteiger charge is -2.04. The second-order valence-electron chi connectivity index (χ2n) is 5.60. The Morgan fingerprint density at radius 1 is 1.12 bits per heavy atom. The summed E-state index contributed by atoms with van der Waals surface area (Å²) in [5, 5.41) is 9.67. The lowest BCUT2D eigenvalue weighted by Crippen LogP contribution is -2.22. The third-order valence-corrected chi connectivity index (χ3v) is 4.65. The van der Waals surface area contributed by atoms with Crippen molar-refractivity contribution >= 4 is 39.7 Å². The molecule has 0 aliphatic rings. The number of rotatable bonds is 6. The molecule has 1 amide bonds. The number of halogens is 1. The topological polar surface area (TPSA) is 54.0 Å². The summed E-state index contributed by atoms with van der Waals surface area (Å²) in [6.45, 7) is 2.18. The molecule has 3 aromatic rings. The number of benzene rings is 2. The molecular formula is C19H18ClN3OS. The van der Waals surface area contributed by atoms with Crippen molar-refractivity contribution in [2.24, 2.45) is 0 Å². The minimum absolute atomic E-state index is 0.000176. The molecule has 0 spiro atoms. The number of anilines is 2. The smallest absolute Gasteiger partial charge is 0.216 e. The number of aromatic nitrogens is 1. The van der Waals surface area contributed by atoms with Gasteiger partial charge in [-0.1, -0.05) is 35.9 Å². The van der Waals surface area contributed by atoms with E-state index in [-0.39, 0.29) is 5.91 Å². The maximum atomic E-state index is 10.9. The lowest BCUT2D eigenvalue weighted by atomic mass is 10.1. The highest BCUT2D eigenvalue weighted by Crippen LogP contribution is 2.27. The Labute approximate surface area is 155 Å². The molecule has 0 aliphatic heterocycles. The third-order valence-electron chi connectivity index (χ3n) is 3.64. The fraction of sp³-hybridized carbons (Fsp3) is 0.158. The van der Waals surface area contributed by atoms with Gasteiger partial charge >= 0.3 is 0 Å². The molecule has 0 atom stereocenters. The summed E-state index contributed by atoms with van der Waals surface area (Å²) < 4.78 is 0. The van der Waals surface area contributed by atoms with Gasteiger partial charge in [0.1, 0.15) is 0 Å². The summed E-state index contributed by atoms with van der Waals surface area (Å²) >= 11 is 7.46. The normalized spacial score (nSPS) is 10.5. The number of amides is 1. The summed E-state index contributed by atoms with van der Waals surface area (Å²) in [5.41, 5.74) is 4.16. The van der Waals surface area contributed by atoms with Gasteiger partial charge in [0.15, 0.2) is 5.13 Å². The molecule has 1 heterocycles. The first-order valence-electron chi connectivity index (χ1n) is 7.92. The monoisotopic (exact) mass is 371 g/mol. The number of carbonyl (C=O) groups excluding carboxylic acids is 1. The maximum absolute atomic E-state index is 10.9.